The van der Waals surface area contributed by atoms with Crippen LogP contribution < -0.4 is 10.6 Å². The number of anilines is 2. The van der Waals surface area contributed by atoms with Gasteiger partial charge in [-0.25, -0.2) is 0 Å². The highest BCUT2D eigenvalue weighted by Crippen LogP contribution is 2.33. The molecule has 0 amide bonds. The molecule has 1 aliphatic heterocycles. The monoisotopic (exact) mass is 234 g/mol. The number of rotatable bonds is 1. The normalized spacial score (nSPS) is 22.5. The van der Waals surface area contributed by atoms with E-state index in [1.54, 1.807) is 0 Å². The summed E-state index contributed by atoms with van der Waals surface area (Å²) in [5, 5.41) is 0. The van der Waals surface area contributed by atoms with Gasteiger partial charge in [-0.1, -0.05) is 12.1 Å². The number of nitrogens with two attached hydrogens (primary N) is 1. The van der Waals surface area contributed by atoms with Crippen LogP contribution in [0.2, 0.25) is 0 Å². The molecule has 0 aromatic heterocycles. The Balaban J connectivity index is 2.30. The van der Waals surface area contributed by atoms with E-state index in [9.17, 15) is 0 Å². The molecule has 0 aliphatic carbocycles. The number of hydrogen-bond acceptors (Lipinski definition) is 3. The Labute approximate surface area is 104 Å². The van der Waals surface area contributed by atoms with Crippen molar-refractivity contribution in [2.75, 3.05) is 23.7 Å². The third-order valence-electron chi connectivity index (χ3n) is 2.97. The van der Waals surface area contributed by atoms with E-state index in [0.717, 1.165) is 24.5 Å². The van der Waals surface area contributed by atoms with Crippen LogP contribution in [0.5, 0.6) is 0 Å². The van der Waals surface area contributed by atoms with Crippen LogP contribution in [-0.2, 0) is 4.74 Å². The zero-order valence-electron chi connectivity index (χ0n) is 11.2. The Bertz CT molecular complexity index is 396. The smallest absolute Gasteiger partial charge is 0.0808 e. The molecule has 0 saturated carbocycles. The number of ether oxygens (including phenoxy) is 1. The number of nitrogens with zero attached hydrogens (tertiary/aromatic N) is 1. The third kappa shape index (κ3) is 2.72. The van der Waals surface area contributed by atoms with Crippen molar-refractivity contribution in [3.63, 3.8) is 0 Å². The maximum absolute atomic E-state index is 6.07. The molecule has 1 aromatic rings. The van der Waals surface area contributed by atoms with E-state index in [-0.39, 0.29) is 11.2 Å². The van der Waals surface area contributed by atoms with Crippen molar-refractivity contribution in [2.45, 2.75) is 38.9 Å². The van der Waals surface area contributed by atoms with Crippen molar-refractivity contribution in [3.8, 4) is 0 Å². The van der Waals surface area contributed by atoms with Crippen molar-refractivity contribution >= 4 is 11.4 Å². The molecule has 1 aliphatic rings. The molecule has 3 nitrogen and oxygen atoms in total. The van der Waals surface area contributed by atoms with E-state index >= 15 is 0 Å². The van der Waals surface area contributed by atoms with Crippen molar-refractivity contribution in [1.82, 2.24) is 0 Å². The van der Waals surface area contributed by atoms with Gasteiger partial charge in [0, 0.05) is 13.1 Å². The van der Waals surface area contributed by atoms with Crippen LogP contribution in [0.4, 0.5) is 11.4 Å². The van der Waals surface area contributed by atoms with Crippen molar-refractivity contribution < 1.29 is 4.74 Å². The summed E-state index contributed by atoms with van der Waals surface area (Å²) in [6.45, 7) is 10.2. The quantitative estimate of drug-likeness (QED) is 0.759. The third-order valence-corrected chi connectivity index (χ3v) is 2.97. The topological polar surface area (TPSA) is 38.5 Å². The lowest BCUT2D eigenvalue weighted by Gasteiger charge is -2.48. The first kappa shape index (κ1) is 12.2. The lowest BCUT2D eigenvalue weighted by Crippen LogP contribution is -2.57. The van der Waals surface area contributed by atoms with Gasteiger partial charge >= 0.3 is 0 Å². The van der Waals surface area contributed by atoms with Gasteiger partial charge in [-0.2, -0.15) is 0 Å². The van der Waals surface area contributed by atoms with Gasteiger partial charge in [0.2, 0.25) is 0 Å². The Morgan fingerprint density at radius 1 is 1.06 bits per heavy atom. The summed E-state index contributed by atoms with van der Waals surface area (Å²) in [4.78, 5) is 2.32. The standard InChI is InChI=1S/C14H22N2O/c1-13(2)9-16(10-14(3,4)17-13)12-8-6-5-7-11(12)15/h5-8H,9-10,15H2,1-4H3. The highest BCUT2D eigenvalue weighted by molar-refractivity contribution is 5.67. The number of para-hydroxylation sites is 2. The lowest BCUT2D eigenvalue weighted by molar-refractivity contribution is -0.133. The molecule has 1 saturated heterocycles. The summed E-state index contributed by atoms with van der Waals surface area (Å²) in [6.07, 6.45) is 0. The molecule has 2 N–H and O–H groups in total. The number of morpholine rings is 1. The zero-order valence-corrected chi connectivity index (χ0v) is 11.2. The maximum atomic E-state index is 6.07. The van der Waals surface area contributed by atoms with Crippen LogP contribution in [0.1, 0.15) is 27.7 Å². The van der Waals surface area contributed by atoms with E-state index in [1.807, 2.05) is 18.2 Å². The Hall–Kier alpha value is -1.22. The summed E-state index contributed by atoms with van der Waals surface area (Å²) in [6, 6.07) is 8.02. The summed E-state index contributed by atoms with van der Waals surface area (Å²) >= 11 is 0. The average Bonchev–Trinajstić information content (AvgIpc) is 2.13. The molecule has 0 spiro atoms. The zero-order chi connectivity index (χ0) is 12.7. The van der Waals surface area contributed by atoms with E-state index in [1.165, 1.54) is 0 Å². The van der Waals surface area contributed by atoms with E-state index in [4.69, 9.17) is 10.5 Å². The average molecular weight is 234 g/mol. The number of hydrogen-bond donors (Lipinski definition) is 1. The van der Waals surface area contributed by atoms with Gasteiger partial charge in [0.05, 0.1) is 22.6 Å². The van der Waals surface area contributed by atoms with E-state index in [0.29, 0.717) is 0 Å². The predicted octanol–water partition coefficient (Wildman–Crippen LogP) is 2.66. The fraction of sp³-hybridized carbons (Fsp3) is 0.571. The van der Waals surface area contributed by atoms with Crippen LogP contribution >= 0.6 is 0 Å². The van der Waals surface area contributed by atoms with Gasteiger partial charge in [0.1, 0.15) is 0 Å². The summed E-state index contributed by atoms with van der Waals surface area (Å²) in [7, 11) is 0. The van der Waals surface area contributed by atoms with Gasteiger partial charge < -0.3 is 15.4 Å². The second kappa shape index (κ2) is 3.91. The van der Waals surface area contributed by atoms with Gasteiger partial charge in [0.15, 0.2) is 0 Å². The molecule has 3 heteroatoms. The molecule has 17 heavy (non-hydrogen) atoms. The largest absolute Gasteiger partial charge is 0.397 e. The molecular weight excluding hydrogens is 212 g/mol. The summed E-state index contributed by atoms with van der Waals surface area (Å²) < 4.78 is 6.07. The molecule has 94 valence electrons. The van der Waals surface area contributed by atoms with Crippen LogP contribution in [-0.4, -0.2) is 24.3 Å². The summed E-state index contributed by atoms with van der Waals surface area (Å²) in [5.74, 6) is 0. The first-order chi connectivity index (χ1) is 7.79. The highest BCUT2D eigenvalue weighted by atomic mass is 16.5. The van der Waals surface area contributed by atoms with Crippen LogP contribution in [0.15, 0.2) is 24.3 Å². The van der Waals surface area contributed by atoms with Gasteiger partial charge in [-0.3, -0.25) is 0 Å². The number of nitrogen functional groups attached to an aromatic ring is 1. The molecule has 2 rings (SSSR count). The summed E-state index contributed by atoms with van der Waals surface area (Å²) in [5.41, 5.74) is 7.69. The Morgan fingerprint density at radius 2 is 1.59 bits per heavy atom. The van der Waals surface area contributed by atoms with Crippen molar-refractivity contribution in [2.24, 2.45) is 0 Å². The maximum Gasteiger partial charge on any atom is 0.0808 e. The van der Waals surface area contributed by atoms with Crippen molar-refractivity contribution in [1.29, 1.82) is 0 Å². The molecular formula is C14H22N2O. The fourth-order valence-electron chi connectivity index (χ4n) is 2.73. The van der Waals surface area contributed by atoms with Crippen LogP contribution in [0, 0.1) is 0 Å². The first-order valence-electron chi connectivity index (χ1n) is 6.09. The molecule has 0 radical (unpaired) electrons. The molecule has 1 aromatic carbocycles. The van der Waals surface area contributed by atoms with E-state index < -0.39 is 0 Å². The fourth-order valence-corrected chi connectivity index (χ4v) is 2.73. The second-order valence-electron chi connectivity index (χ2n) is 6.04. The number of benzene rings is 1. The Morgan fingerprint density at radius 3 is 2.12 bits per heavy atom. The molecule has 0 unspecified atom stereocenters. The molecule has 0 bridgehead atoms. The van der Waals surface area contributed by atoms with Crippen molar-refractivity contribution in [3.05, 3.63) is 24.3 Å². The highest BCUT2D eigenvalue weighted by Gasteiger charge is 2.38. The minimum atomic E-state index is -0.149. The van der Waals surface area contributed by atoms with Crippen LogP contribution in [0.25, 0.3) is 0 Å². The minimum absolute atomic E-state index is 0.149. The predicted molar refractivity (Wildman–Crippen MR) is 72.3 cm³/mol. The lowest BCUT2D eigenvalue weighted by atomic mass is 9.98. The molecule has 0 atom stereocenters. The second-order valence-corrected chi connectivity index (χ2v) is 6.04. The van der Waals surface area contributed by atoms with Gasteiger partial charge in [-0.05, 0) is 39.8 Å². The Kier molecular flexibility index (Phi) is 2.82. The molecule has 1 heterocycles. The SMILES string of the molecule is CC1(C)CN(c2ccccc2N)CC(C)(C)O1. The molecule has 1 fully saturated rings. The van der Waals surface area contributed by atoms with E-state index in [2.05, 4.69) is 38.7 Å². The van der Waals surface area contributed by atoms with Crippen LogP contribution in [0.3, 0.4) is 0 Å². The van der Waals surface area contributed by atoms with Gasteiger partial charge in [0.25, 0.3) is 0 Å². The first-order valence-corrected chi connectivity index (χ1v) is 6.09. The minimum Gasteiger partial charge on any atom is -0.397 e. The van der Waals surface area contributed by atoms with Gasteiger partial charge in [-0.15, -0.1) is 0 Å².